The van der Waals surface area contributed by atoms with Gasteiger partial charge < -0.3 is 64.3 Å². The molecule has 0 aromatic carbocycles. The van der Waals surface area contributed by atoms with Gasteiger partial charge in [-0.1, -0.05) is 6.92 Å². The molecule has 0 spiro atoms. The number of ether oxygens (including phenoxy) is 6. The number of carboxylic acid groups (broad SMARTS) is 2. The number of carboxylic acids is 2. The highest BCUT2D eigenvalue weighted by molar-refractivity contribution is 6.01. The first-order valence-corrected chi connectivity index (χ1v) is 18.7. The molecule has 0 bridgehead atoms. The third kappa shape index (κ3) is 30.9. The molecule has 0 aromatic rings. The summed E-state index contributed by atoms with van der Waals surface area (Å²) in [6.07, 6.45) is -2.95. The van der Waals surface area contributed by atoms with Crippen molar-refractivity contribution in [2.45, 2.75) is 77.9 Å². The number of aliphatic hydroxyl groups excluding tert-OH is 2. The zero-order valence-electron chi connectivity index (χ0n) is 34.5. The van der Waals surface area contributed by atoms with E-state index in [1.54, 1.807) is 14.0 Å². The topological polar surface area (TPSA) is 344 Å². The van der Waals surface area contributed by atoms with Crippen molar-refractivity contribution < 1.29 is 102 Å². The second-order valence-corrected chi connectivity index (χ2v) is 12.6. The molecule has 1 fully saturated rings. The lowest BCUT2D eigenvalue weighted by atomic mass is 9.96. The SMILES string of the molecule is CC(O)C(=O)OCC(=O)ON1C(=O)CCC1=O.COCCOCCNC(=O)[C@@H](CCC(=O)O)CC(=O)COC(=O)C(C)O.COCCOCCNC(=O)[C@H](C)CCC(=O)O. The quantitative estimate of drug-likeness (QED) is 0.0267. The highest BCUT2D eigenvalue weighted by Gasteiger charge is 2.33. The van der Waals surface area contributed by atoms with E-state index in [9.17, 15) is 47.9 Å². The highest BCUT2D eigenvalue weighted by Crippen LogP contribution is 2.14. The number of hydrogen-bond acceptors (Lipinski definition) is 19. The number of aliphatic carboxylic acids is 2. The molecule has 344 valence electrons. The molecule has 0 aromatic heterocycles. The average Bonchev–Trinajstić information content (AvgIpc) is 3.51. The number of imide groups is 1. The van der Waals surface area contributed by atoms with Crippen LogP contribution in [0.25, 0.3) is 0 Å². The zero-order valence-corrected chi connectivity index (χ0v) is 34.5. The Balaban J connectivity index is 0. The van der Waals surface area contributed by atoms with E-state index in [0.717, 1.165) is 0 Å². The van der Waals surface area contributed by atoms with Gasteiger partial charge in [0.15, 0.2) is 12.4 Å². The maximum Gasteiger partial charge on any atom is 0.370 e. The Labute approximate surface area is 346 Å². The van der Waals surface area contributed by atoms with Gasteiger partial charge in [0.1, 0.15) is 18.8 Å². The molecule has 24 nitrogen and oxygen atoms in total. The number of esters is 2. The summed E-state index contributed by atoms with van der Waals surface area (Å²) in [7, 11) is 3.13. The Morgan fingerprint density at radius 2 is 1.10 bits per heavy atom. The van der Waals surface area contributed by atoms with Crippen LogP contribution in [0.4, 0.5) is 0 Å². The predicted octanol–water partition coefficient (Wildman–Crippen LogP) is -2.09. The molecule has 1 aliphatic rings. The van der Waals surface area contributed by atoms with Gasteiger partial charge in [-0.25, -0.2) is 14.4 Å². The molecule has 0 radical (unpaired) electrons. The maximum atomic E-state index is 12.1. The van der Waals surface area contributed by atoms with Crippen molar-refractivity contribution in [1.82, 2.24) is 15.7 Å². The van der Waals surface area contributed by atoms with E-state index in [1.807, 2.05) is 0 Å². The Morgan fingerprint density at radius 3 is 1.55 bits per heavy atom. The number of nitrogens with zero attached hydrogens (tertiary/aromatic N) is 1. The van der Waals surface area contributed by atoms with E-state index in [1.165, 1.54) is 21.0 Å². The van der Waals surface area contributed by atoms with E-state index < -0.39 is 84.7 Å². The van der Waals surface area contributed by atoms with Gasteiger partial charge in [0.2, 0.25) is 11.8 Å². The van der Waals surface area contributed by atoms with Crippen LogP contribution < -0.4 is 10.6 Å². The summed E-state index contributed by atoms with van der Waals surface area (Å²) in [5.41, 5.74) is 0. The minimum absolute atomic E-state index is 0.0128. The summed E-state index contributed by atoms with van der Waals surface area (Å²) in [6, 6.07) is 0. The van der Waals surface area contributed by atoms with E-state index in [2.05, 4.69) is 24.9 Å². The van der Waals surface area contributed by atoms with Crippen molar-refractivity contribution in [3.05, 3.63) is 0 Å². The summed E-state index contributed by atoms with van der Waals surface area (Å²) < 4.78 is 28.9. The number of carbonyl (C=O) groups is 10. The van der Waals surface area contributed by atoms with Crippen molar-refractivity contribution in [3.63, 3.8) is 0 Å². The molecule has 1 aliphatic heterocycles. The predicted molar refractivity (Wildman–Crippen MR) is 200 cm³/mol. The molecule has 2 unspecified atom stereocenters. The van der Waals surface area contributed by atoms with Crippen molar-refractivity contribution in [2.75, 3.05) is 80.2 Å². The zero-order chi connectivity index (χ0) is 46.0. The van der Waals surface area contributed by atoms with Crippen LogP contribution in [0.1, 0.15) is 65.7 Å². The molecule has 60 heavy (non-hydrogen) atoms. The first kappa shape index (κ1) is 57.0. The van der Waals surface area contributed by atoms with Gasteiger partial charge in [-0.3, -0.25) is 33.6 Å². The van der Waals surface area contributed by atoms with Crippen LogP contribution in [-0.2, 0) is 81.2 Å². The maximum absolute atomic E-state index is 12.1. The van der Waals surface area contributed by atoms with Gasteiger partial charge in [-0.05, 0) is 26.7 Å². The normalized spacial score (nSPS) is 13.8. The number of Topliss-reactive ketones (excluding diaryl/α,β-unsaturated/α-hetero) is 1. The number of methoxy groups -OCH3 is 2. The van der Waals surface area contributed by atoms with Crippen molar-refractivity contribution >= 4 is 59.3 Å². The number of hydrogen-bond donors (Lipinski definition) is 6. The Bertz CT molecular complexity index is 1360. The Kier molecular flexibility index (Phi) is 32.9. The van der Waals surface area contributed by atoms with E-state index in [0.29, 0.717) is 51.1 Å². The van der Waals surface area contributed by atoms with Crippen molar-refractivity contribution in [3.8, 4) is 0 Å². The van der Waals surface area contributed by atoms with Crippen LogP contribution in [0.5, 0.6) is 0 Å². The number of rotatable bonds is 29. The molecule has 0 saturated carbocycles. The number of amides is 4. The lowest BCUT2D eigenvalue weighted by molar-refractivity contribution is -0.201. The monoisotopic (exact) mass is 869 g/mol. The summed E-state index contributed by atoms with van der Waals surface area (Å²) >= 11 is 0. The summed E-state index contributed by atoms with van der Waals surface area (Å²) in [5, 5.41) is 40.6. The number of aliphatic hydroxyl groups is 2. The van der Waals surface area contributed by atoms with Gasteiger partial charge in [0.25, 0.3) is 11.8 Å². The first-order chi connectivity index (χ1) is 28.3. The first-order valence-electron chi connectivity index (χ1n) is 18.7. The summed E-state index contributed by atoms with van der Waals surface area (Å²) in [4.78, 5) is 116. The molecule has 1 heterocycles. The standard InChI is InChI=1S/C16H27NO9.C11H21NO5.C9H11NO7/c1-11(18)16(23)26-10-13(19)9-12(3-4-14(20)21)15(22)17-5-6-25-8-7-24-2;1-9(3-4-10(13)14)11(15)12-5-6-17-8-7-16-2;1-5(11)9(15)16-4-8(14)17-10-6(12)2-3-7(10)13/h11-12,18H,3-10H2,1-2H3,(H,17,22)(H,20,21);9H,3-8H2,1-2H3,(H,12,15)(H,13,14);5,11H,2-4H2,1H3/t11?,12-;9-;/m01./s1. The van der Waals surface area contributed by atoms with Gasteiger partial charge in [0.05, 0.1) is 39.6 Å². The average molecular weight is 870 g/mol. The van der Waals surface area contributed by atoms with Gasteiger partial charge in [-0.15, -0.1) is 5.06 Å². The van der Waals surface area contributed by atoms with Gasteiger partial charge in [0, 0.05) is 71.2 Å². The van der Waals surface area contributed by atoms with E-state index in [4.69, 9.17) is 39.4 Å². The van der Waals surface area contributed by atoms with E-state index in [-0.39, 0.29) is 63.5 Å². The Morgan fingerprint density at radius 1 is 0.650 bits per heavy atom. The van der Waals surface area contributed by atoms with Crippen LogP contribution in [0, 0.1) is 11.8 Å². The highest BCUT2D eigenvalue weighted by atomic mass is 16.7. The van der Waals surface area contributed by atoms with E-state index >= 15 is 0 Å². The second kappa shape index (κ2) is 34.7. The molecular formula is C36H59N3O21. The molecule has 4 atom stereocenters. The molecule has 1 rings (SSSR count). The number of ketones is 1. The number of nitrogens with one attached hydrogen (secondary N) is 2. The van der Waals surface area contributed by atoms with Gasteiger partial charge >= 0.3 is 29.8 Å². The van der Waals surface area contributed by atoms with Crippen LogP contribution in [0.3, 0.4) is 0 Å². The van der Waals surface area contributed by atoms with Crippen molar-refractivity contribution in [1.29, 1.82) is 0 Å². The lowest BCUT2D eigenvalue weighted by Gasteiger charge is -2.16. The van der Waals surface area contributed by atoms with Gasteiger partial charge in [-0.2, -0.15) is 0 Å². The second-order valence-electron chi connectivity index (χ2n) is 12.6. The fourth-order valence-corrected chi connectivity index (χ4v) is 4.04. The van der Waals surface area contributed by atoms with Crippen LogP contribution in [0.15, 0.2) is 0 Å². The summed E-state index contributed by atoms with van der Waals surface area (Å²) in [6.45, 7) is 5.87. The fourth-order valence-electron chi connectivity index (χ4n) is 4.04. The lowest BCUT2D eigenvalue weighted by Crippen LogP contribution is -2.35. The fraction of sp³-hybridized carbons (Fsp3) is 0.722. The molecular weight excluding hydrogens is 810 g/mol. The largest absolute Gasteiger partial charge is 0.481 e. The minimum atomic E-state index is -1.36. The molecule has 4 amide bonds. The number of hydroxylamine groups is 2. The molecule has 1 saturated heterocycles. The molecule has 6 N–H and O–H groups in total. The third-order valence-electron chi connectivity index (χ3n) is 7.33. The van der Waals surface area contributed by atoms with Crippen LogP contribution >= 0.6 is 0 Å². The summed E-state index contributed by atoms with van der Waals surface area (Å²) in [5.74, 6) is -8.52. The Hall–Kier alpha value is -5.14. The third-order valence-corrected chi connectivity index (χ3v) is 7.33. The number of carbonyl (C=O) groups excluding carboxylic acids is 8. The van der Waals surface area contributed by atoms with Crippen molar-refractivity contribution in [2.24, 2.45) is 11.8 Å². The molecule has 0 aliphatic carbocycles. The van der Waals surface area contributed by atoms with Crippen LogP contribution in [-0.4, -0.2) is 177 Å². The minimum Gasteiger partial charge on any atom is -0.481 e. The molecule has 24 heteroatoms. The smallest absolute Gasteiger partial charge is 0.370 e. The van der Waals surface area contributed by atoms with Crippen LogP contribution in [0.2, 0.25) is 0 Å².